The van der Waals surface area contributed by atoms with Gasteiger partial charge in [0.25, 0.3) is 0 Å². The van der Waals surface area contributed by atoms with Gasteiger partial charge in [0, 0.05) is 12.3 Å². The first-order valence-corrected chi connectivity index (χ1v) is 8.75. The minimum atomic E-state index is -0.302. The number of nitrogens with zero attached hydrogens (tertiary/aromatic N) is 4. The molecular weight excluding hydrogens is 326 g/mol. The molecular formula is C16H19N5O2S. The van der Waals surface area contributed by atoms with Crippen molar-refractivity contribution in [1.29, 1.82) is 0 Å². The maximum atomic E-state index is 11.5. The van der Waals surface area contributed by atoms with E-state index in [0.29, 0.717) is 13.0 Å². The van der Waals surface area contributed by atoms with Crippen LogP contribution in [0.25, 0.3) is 5.69 Å². The zero-order chi connectivity index (χ0) is 17.1. The Morgan fingerprint density at radius 2 is 2.00 bits per heavy atom. The Balaban J connectivity index is 1.64. The minimum absolute atomic E-state index is 0.104. The summed E-state index contributed by atoms with van der Waals surface area (Å²) in [6, 6.07) is 7.80. The molecule has 3 amide bonds. The van der Waals surface area contributed by atoms with E-state index in [4.69, 9.17) is 0 Å². The number of carbonyl (C=O) groups excluding carboxylic acids is 2. The average molecular weight is 345 g/mol. The molecule has 0 bridgehead atoms. The number of benzene rings is 1. The fraction of sp³-hybridized carbons (Fsp3) is 0.375. The lowest BCUT2D eigenvalue weighted by Crippen LogP contribution is -2.32. The fourth-order valence-corrected chi connectivity index (χ4v) is 3.51. The molecule has 0 radical (unpaired) electrons. The summed E-state index contributed by atoms with van der Waals surface area (Å²) in [6.45, 7) is 4.51. The van der Waals surface area contributed by atoms with E-state index in [1.807, 2.05) is 29.7 Å². The molecule has 1 aliphatic heterocycles. The monoisotopic (exact) mass is 345 g/mol. The Labute approximate surface area is 144 Å². The number of para-hydroxylation sites is 1. The van der Waals surface area contributed by atoms with Gasteiger partial charge < -0.3 is 5.32 Å². The van der Waals surface area contributed by atoms with E-state index in [1.165, 1.54) is 4.90 Å². The van der Waals surface area contributed by atoms with Gasteiger partial charge in [-0.05, 0) is 31.9 Å². The Bertz CT molecular complexity index is 758. The number of amides is 3. The van der Waals surface area contributed by atoms with E-state index in [1.54, 1.807) is 11.8 Å². The molecule has 1 saturated heterocycles. The van der Waals surface area contributed by atoms with Gasteiger partial charge in [0.1, 0.15) is 5.82 Å². The van der Waals surface area contributed by atoms with Crippen LogP contribution >= 0.6 is 11.8 Å². The van der Waals surface area contributed by atoms with Gasteiger partial charge >= 0.3 is 6.03 Å². The van der Waals surface area contributed by atoms with Gasteiger partial charge in [-0.3, -0.25) is 14.3 Å². The second kappa shape index (κ2) is 7.04. The highest BCUT2D eigenvalue weighted by atomic mass is 32.2. The Hall–Kier alpha value is -2.35. The normalized spacial score (nSPS) is 14.3. The number of carbonyl (C=O) groups is 2. The number of thioether (sulfide) groups is 1. The molecule has 2 heterocycles. The summed E-state index contributed by atoms with van der Waals surface area (Å²) in [7, 11) is 0. The van der Waals surface area contributed by atoms with Crippen molar-refractivity contribution in [2.75, 3.05) is 18.8 Å². The number of aromatic nitrogens is 3. The molecule has 8 heteroatoms. The third-order valence-corrected chi connectivity index (χ3v) is 4.86. The second-order valence-electron chi connectivity index (χ2n) is 5.56. The molecule has 3 rings (SSSR count). The van der Waals surface area contributed by atoms with E-state index < -0.39 is 0 Å². The van der Waals surface area contributed by atoms with Gasteiger partial charge in [0.15, 0.2) is 5.16 Å². The van der Waals surface area contributed by atoms with E-state index in [9.17, 15) is 9.59 Å². The van der Waals surface area contributed by atoms with Crippen LogP contribution in [0.3, 0.4) is 0 Å². The van der Waals surface area contributed by atoms with Gasteiger partial charge in [0.05, 0.1) is 12.2 Å². The van der Waals surface area contributed by atoms with Gasteiger partial charge in [-0.2, -0.15) is 0 Å². The van der Waals surface area contributed by atoms with Crippen LogP contribution in [-0.2, 0) is 4.79 Å². The van der Waals surface area contributed by atoms with Crippen LogP contribution in [0, 0.1) is 13.8 Å². The summed E-state index contributed by atoms with van der Waals surface area (Å²) in [5.41, 5.74) is 2.22. The van der Waals surface area contributed by atoms with E-state index in [0.717, 1.165) is 28.0 Å². The first kappa shape index (κ1) is 16.5. The molecule has 0 unspecified atom stereocenters. The van der Waals surface area contributed by atoms with E-state index in [2.05, 4.69) is 28.5 Å². The average Bonchev–Trinajstić information content (AvgIpc) is 3.08. The van der Waals surface area contributed by atoms with Gasteiger partial charge in [-0.25, -0.2) is 4.79 Å². The first-order chi connectivity index (χ1) is 11.6. The van der Waals surface area contributed by atoms with Gasteiger partial charge in [-0.15, -0.1) is 10.2 Å². The van der Waals surface area contributed by atoms with Crippen molar-refractivity contribution < 1.29 is 9.59 Å². The molecule has 0 saturated carbocycles. The maximum Gasteiger partial charge on any atom is 0.324 e. The zero-order valence-electron chi connectivity index (χ0n) is 13.7. The zero-order valence-corrected chi connectivity index (χ0v) is 14.5. The SMILES string of the molecule is Cc1ccccc1-n1c(C)nnc1SCCCN1C(=O)CNC1=O. The van der Waals surface area contributed by atoms with E-state index in [-0.39, 0.29) is 18.5 Å². The molecule has 1 aliphatic rings. The summed E-state index contributed by atoms with van der Waals surface area (Å²) in [4.78, 5) is 24.3. The number of aryl methyl sites for hydroxylation is 2. The lowest BCUT2D eigenvalue weighted by molar-refractivity contribution is -0.124. The molecule has 0 spiro atoms. The van der Waals surface area contributed by atoms with Crippen molar-refractivity contribution in [1.82, 2.24) is 25.0 Å². The van der Waals surface area contributed by atoms with Crippen molar-refractivity contribution in [3.8, 4) is 5.69 Å². The summed E-state index contributed by atoms with van der Waals surface area (Å²) in [5, 5.41) is 11.8. The summed E-state index contributed by atoms with van der Waals surface area (Å²) in [6.07, 6.45) is 0.712. The molecule has 1 fully saturated rings. The number of hydrogen-bond acceptors (Lipinski definition) is 5. The highest BCUT2D eigenvalue weighted by molar-refractivity contribution is 7.99. The van der Waals surface area contributed by atoms with Gasteiger partial charge in [0.2, 0.25) is 5.91 Å². The lowest BCUT2D eigenvalue weighted by Gasteiger charge is -2.13. The Morgan fingerprint density at radius 1 is 1.21 bits per heavy atom. The van der Waals surface area contributed by atoms with E-state index >= 15 is 0 Å². The number of hydrogen-bond donors (Lipinski definition) is 1. The quantitative estimate of drug-likeness (QED) is 0.491. The van der Waals surface area contributed by atoms with Crippen molar-refractivity contribution >= 4 is 23.7 Å². The number of urea groups is 1. The van der Waals surface area contributed by atoms with Crippen molar-refractivity contribution in [2.45, 2.75) is 25.4 Å². The van der Waals surface area contributed by atoms with Crippen LogP contribution in [-0.4, -0.2) is 50.4 Å². The molecule has 1 N–H and O–H groups in total. The summed E-state index contributed by atoms with van der Waals surface area (Å²) >= 11 is 1.58. The number of imide groups is 1. The van der Waals surface area contributed by atoms with Crippen molar-refractivity contribution in [2.24, 2.45) is 0 Å². The third kappa shape index (κ3) is 3.28. The van der Waals surface area contributed by atoms with Crippen LogP contribution in [0.1, 0.15) is 17.8 Å². The molecule has 24 heavy (non-hydrogen) atoms. The first-order valence-electron chi connectivity index (χ1n) is 7.77. The smallest absolute Gasteiger partial charge is 0.324 e. The predicted octanol–water partition coefficient (Wildman–Crippen LogP) is 1.92. The van der Waals surface area contributed by atoms with Crippen LogP contribution in [0.4, 0.5) is 4.79 Å². The molecule has 7 nitrogen and oxygen atoms in total. The van der Waals surface area contributed by atoms with Crippen LogP contribution in [0.2, 0.25) is 0 Å². The largest absolute Gasteiger partial charge is 0.329 e. The predicted molar refractivity (Wildman–Crippen MR) is 91.3 cm³/mol. The molecule has 126 valence electrons. The second-order valence-corrected chi connectivity index (χ2v) is 6.62. The molecule has 2 aromatic rings. The molecule has 1 aromatic carbocycles. The summed E-state index contributed by atoms with van der Waals surface area (Å²) < 4.78 is 2.04. The third-order valence-electron chi connectivity index (χ3n) is 3.85. The highest BCUT2D eigenvalue weighted by Gasteiger charge is 2.27. The lowest BCUT2D eigenvalue weighted by atomic mass is 10.2. The molecule has 0 atom stereocenters. The molecule has 0 aliphatic carbocycles. The van der Waals surface area contributed by atoms with Crippen LogP contribution in [0.15, 0.2) is 29.4 Å². The topological polar surface area (TPSA) is 80.1 Å². The van der Waals surface area contributed by atoms with Crippen LogP contribution in [0.5, 0.6) is 0 Å². The number of nitrogens with one attached hydrogen (secondary N) is 1. The van der Waals surface area contributed by atoms with Crippen molar-refractivity contribution in [3.63, 3.8) is 0 Å². The van der Waals surface area contributed by atoms with Crippen LogP contribution < -0.4 is 5.32 Å². The minimum Gasteiger partial charge on any atom is -0.329 e. The summed E-state index contributed by atoms with van der Waals surface area (Å²) in [5.74, 6) is 1.42. The Kier molecular flexibility index (Phi) is 4.84. The number of rotatable bonds is 6. The standard InChI is InChI=1S/C16H19N5O2S/c1-11-6-3-4-7-13(11)21-12(2)18-19-16(21)24-9-5-8-20-14(22)10-17-15(20)23/h3-4,6-7H,5,8-10H2,1-2H3,(H,17,23). The van der Waals surface area contributed by atoms with Crippen molar-refractivity contribution in [3.05, 3.63) is 35.7 Å². The molecule has 1 aromatic heterocycles. The fourth-order valence-electron chi connectivity index (χ4n) is 2.60. The van der Waals surface area contributed by atoms with Gasteiger partial charge in [-0.1, -0.05) is 30.0 Å². The Morgan fingerprint density at radius 3 is 2.71 bits per heavy atom. The maximum absolute atomic E-state index is 11.5. The highest BCUT2D eigenvalue weighted by Crippen LogP contribution is 2.24.